The lowest BCUT2D eigenvalue weighted by Gasteiger charge is -2.07. The van der Waals surface area contributed by atoms with E-state index >= 15 is 0 Å². The Bertz CT molecular complexity index is 771. The molecule has 1 aromatic heterocycles. The number of esters is 1. The predicted molar refractivity (Wildman–Crippen MR) is 85.2 cm³/mol. The minimum Gasteiger partial charge on any atom is -0.456 e. The van der Waals surface area contributed by atoms with Crippen molar-refractivity contribution in [2.75, 3.05) is 6.54 Å². The van der Waals surface area contributed by atoms with Crippen molar-refractivity contribution in [2.24, 2.45) is 0 Å². The maximum atomic E-state index is 11.9. The van der Waals surface area contributed by atoms with Crippen LogP contribution in [0, 0.1) is 0 Å². The molecule has 23 heavy (non-hydrogen) atoms. The molecule has 0 saturated heterocycles. The lowest BCUT2D eigenvalue weighted by atomic mass is 10.2. The summed E-state index contributed by atoms with van der Waals surface area (Å²) < 4.78 is 31.3. The molecule has 0 atom stereocenters. The first-order chi connectivity index (χ1) is 11.0. The van der Waals surface area contributed by atoms with E-state index in [1.165, 1.54) is 30.3 Å². The Morgan fingerprint density at radius 2 is 1.96 bits per heavy atom. The van der Waals surface area contributed by atoms with E-state index in [4.69, 9.17) is 4.74 Å². The van der Waals surface area contributed by atoms with Crippen molar-refractivity contribution < 1.29 is 17.9 Å². The highest BCUT2D eigenvalue weighted by molar-refractivity contribution is 7.89. The van der Waals surface area contributed by atoms with Gasteiger partial charge in [0.2, 0.25) is 10.0 Å². The second kappa shape index (κ2) is 7.66. The van der Waals surface area contributed by atoms with Crippen molar-refractivity contribution >= 4 is 16.0 Å². The maximum Gasteiger partial charge on any atom is 0.338 e. The molecule has 0 radical (unpaired) electrons. The molecule has 2 aromatic rings. The minimum absolute atomic E-state index is 0.0562. The van der Waals surface area contributed by atoms with Gasteiger partial charge in [0, 0.05) is 12.7 Å². The third-order valence-electron chi connectivity index (χ3n) is 2.90. The number of pyridine rings is 1. The molecule has 0 spiro atoms. The predicted octanol–water partition coefficient (Wildman–Crippen LogP) is 1.90. The second-order valence-electron chi connectivity index (χ2n) is 4.56. The van der Waals surface area contributed by atoms with Crippen LogP contribution in [0.25, 0.3) is 0 Å². The first-order valence-electron chi connectivity index (χ1n) is 6.80. The van der Waals surface area contributed by atoms with Gasteiger partial charge in [0.1, 0.15) is 6.61 Å². The maximum absolute atomic E-state index is 11.9. The van der Waals surface area contributed by atoms with Crippen molar-refractivity contribution in [1.82, 2.24) is 9.71 Å². The van der Waals surface area contributed by atoms with Crippen LogP contribution in [-0.2, 0) is 21.4 Å². The van der Waals surface area contributed by atoms with Crippen LogP contribution in [0.5, 0.6) is 0 Å². The summed E-state index contributed by atoms with van der Waals surface area (Å²) in [6.07, 6.45) is 3.06. The van der Waals surface area contributed by atoms with Crippen LogP contribution in [0.3, 0.4) is 0 Å². The fourth-order valence-corrected chi connectivity index (χ4v) is 2.73. The molecule has 0 saturated carbocycles. The van der Waals surface area contributed by atoms with Gasteiger partial charge in [-0.1, -0.05) is 12.1 Å². The lowest BCUT2D eigenvalue weighted by Crippen LogP contribution is -2.23. The Hall–Kier alpha value is -2.51. The van der Waals surface area contributed by atoms with Gasteiger partial charge in [-0.15, -0.1) is 6.58 Å². The highest BCUT2D eigenvalue weighted by Crippen LogP contribution is 2.12. The smallest absolute Gasteiger partial charge is 0.338 e. The molecule has 0 bridgehead atoms. The molecule has 0 fully saturated rings. The van der Waals surface area contributed by atoms with Gasteiger partial charge in [0.15, 0.2) is 0 Å². The van der Waals surface area contributed by atoms with Crippen LogP contribution in [0.4, 0.5) is 0 Å². The van der Waals surface area contributed by atoms with Gasteiger partial charge in [0.25, 0.3) is 0 Å². The van der Waals surface area contributed by atoms with E-state index in [9.17, 15) is 13.2 Å². The first kappa shape index (κ1) is 16.9. The quantitative estimate of drug-likeness (QED) is 0.618. The summed E-state index contributed by atoms with van der Waals surface area (Å²) in [7, 11) is -3.60. The Morgan fingerprint density at radius 3 is 2.57 bits per heavy atom. The fraction of sp³-hybridized carbons (Fsp3) is 0.125. The summed E-state index contributed by atoms with van der Waals surface area (Å²) >= 11 is 0. The van der Waals surface area contributed by atoms with Crippen LogP contribution >= 0.6 is 0 Å². The Labute approximate surface area is 134 Å². The van der Waals surface area contributed by atoms with Gasteiger partial charge in [-0.25, -0.2) is 17.9 Å². The van der Waals surface area contributed by atoms with Gasteiger partial charge in [-0.3, -0.25) is 4.98 Å². The number of rotatable bonds is 7. The number of nitrogens with zero attached hydrogens (tertiary/aromatic N) is 1. The Balaban J connectivity index is 2.01. The third-order valence-corrected chi connectivity index (χ3v) is 4.33. The summed E-state index contributed by atoms with van der Waals surface area (Å²) in [5.41, 5.74) is 0.900. The lowest BCUT2D eigenvalue weighted by molar-refractivity contribution is 0.0467. The number of hydrogen-bond donors (Lipinski definition) is 1. The van der Waals surface area contributed by atoms with E-state index in [0.29, 0.717) is 5.69 Å². The summed E-state index contributed by atoms with van der Waals surface area (Å²) in [4.78, 5) is 16.0. The van der Waals surface area contributed by atoms with Crippen molar-refractivity contribution in [3.8, 4) is 0 Å². The summed E-state index contributed by atoms with van der Waals surface area (Å²) in [5.74, 6) is -0.543. The molecule has 0 aliphatic heterocycles. The summed E-state index contributed by atoms with van der Waals surface area (Å²) in [5, 5.41) is 0. The number of sulfonamides is 1. The first-order valence-corrected chi connectivity index (χ1v) is 8.29. The normalized spacial score (nSPS) is 11.0. The molecule has 1 heterocycles. The fourth-order valence-electron chi connectivity index (χ4n) is 1.73. The molecular weight excluding hydrogens is 316 g/mol. The molecule has 120 valence electrons. The molecule has 0 amide bonds. The molecular formula is C16H16N2O4S. The Morgan fingerprint density at radius 1 is 1.22 bits per heavy atom. The summed E-state index contributed by atoms with van der Waals surface area (Å²) in [6, 6.07) is 10.8. The van der Waals surface area contributed by atoms with Crippen molar-refractivity contribution in [1.29, 1.82) is 0 Å². The van der Waals surface area contributed by atoms with Crippen LogP contribution in [0.15, 0.2) is 66.2 Å². The highest BCUT2D eigenvalue weighted by Gasteiger charge is 2.14. The highest BCUT2D eigenvalue weighted by atomic mass is 32.2. The number of hydrogen-bond acceptors (Lipinski definition) is 5. The van der Waals surface area contributed by atoms with E-state index in [0.717, 1.165) is 0 Å². The minimum atomic E-state index is -3.60. The molecule has 6 nitrogen and oxygen atoms in total. The Kier molecular flexibility index (Phi) is 5.61. The molecule has 2 rings (SSSR count). The molecule has 0 aliphatic rings. The topological polar surface area (TPSA) is 85.4 Å². The zero-order valence-electron chi connectivity index (χ0n) is 12.3. The van der Waals surface area contributed by atoms with Crippen LogP contribution in [0.2, 0.25) is 0 Å². The molecule has 7 heteroatoms. The number of benzene rings is 1. The zero-order chi connectivity index (χ0) is 16.7. The third kappa shape index (κ3) is 4.73. The van der Waals surface area contributed by atoms with Gasteiger partial charge >= 0.3 is 5.97 Å². The average molecular weight is 332 g/mol. The molecule has 1 aromatic carbocycles. The van der Waals surface area contributed by atoms with Gasteiger partial charge in [-0.2, -0.15) is 0 Å². The zero-order valence-corrected chi connectivity index (χ0v) is 13.1. The van der Waals surface area contributed by atoms with E-state index < -0.39 is 16.0 Å². The number of nitrogens with one attached hydrogen (secondary N) is 1. The van der Waals surface area contributed by atoms with Crippen molar-refractivity contribution in [3.05, 3.63) is 72.6 Å². The van der Waals surface area contributed by atoms with Gasteiger partial charge in [-0.05, 0) is 36.4 Å². The number of carbonyl (C=O) groups excluding carboxylic acids is 1. The monoisotopic (exact) mass is 332 g/mol. The van der Waals surface area contributed by atoms with E-state index in [1.807, 2.05) is 0 Å². The standard InChI is InChI=1S/C16H16N2O4S/c1-2-10-18-23(20,21)15-8-6-13(7-9-15)16(19)22-12-14-5-3-4-11-17-14/h2-9,11,18H,1,10,12H2. The SMILES string of the molecule is C=CCNS(=O)(=O)c1ccc(C(=O)OCc2ccccn2)cc1. The number of carbonyl (C=O) groups is 1. The largest absolute Gasteiger partial charge is 0.456 e. The van der Waals surface area contributed by atoms with Crippen molar-refractivity contribution in [3.63, 3.8) is 0 Å². The molecule has 0 aliphatic carbocycles. The van der Waals surface area contributed by atoms with E-state index in [1.54, 1.807) is 24.4 Å². The summed E-state index contributed by atoms with van der Waals surface area (Å²) in [6.45, 7) is 3.64. The number of aromatic nitrogens is 1. The second-order valence-corrected chi connectivity index (χ2v) is 6.33. The van der Waals surface area contributed by atoms with Crippen LogP contribution < -0.4 is 4.72 Å². The van der Waals surface area contributed by atoms with E-state index in [2.05, 4.69) is 16.3 Å². The molecule has 1 N–H and O–H groups in total. The number of ether oxygens (including phenoxy) is 1. The molecule has 0 unspecified atom stereocenters. The van der Waals surface area contributed by atoms with Gasteiger partial charge in [0.05, 0.1) is 16.2 Å². The van der Waals surface area contributed by atoms with Crippen LogP contribution in [0.1, 0.15) is 16.1 Å². The van der Waals surface area contributed by atoms with E-state index in [-0.39, 0.29) is 23.6 Å². The van der Waals surface area contributed by atoms with Gasteiger partial charge < -0.3 is 4.74 Å². The van der Waals surface area contributed by atoms with Crippen LogP contribution in [-0.4, -0.2) is 25.9 Å². The average Bonchev–Trinajstić information content (AvgIpc) is 2.59. The van der Waals surface area contributed by atoms with Crippen molar-refractivity contribution in [2.45, 2.75) is 11.5 Å².